The van der Waals surface area contributed by atoms with Crippen LogP contribution in [0.2, 0.25) is 0 Å². The van der Waals surface area contributed by atoms with Gasteiger partial charge in [-0.25, -0.2) is 9.59 Å². The fourth-order valence-electron chi connectivity index (χ4n) is 1.77. The lowest BCUT2D eigenvalue weighted by Gasteiger charge is -2.10. The van der Waals surface area contributed by atoms with Gasteiger partial charge in [0.25, 0.3) is 0 Å². The average Bonchev–Trinajstić information content (AvgIpc) is 2.53. The lowest BCUT2D eigenvalue weighted by molar-refractivity contribution is -0.161. The van der Waals surface area contributed by atoms with Gasteiger partial charge in [-0.2, -0.15) is 0 Å². The normalized spacial score (nSPS) is 11.6. The van der Waals surface area contributed by atoms with Gasteiger partial charge in [-0.1, -0.05) is 12.1 Å². The summed E-state index contributed by atoms with van der Waals surface area (Å²) in [6.07, 6.45) is 0.0454. The summed E-state index contributed by atoms with van der Waals surface area (Å²) in [4.78, 5) is 44.9. The molecule has 0 heterocycles. The highest BCUT2D eigenvalue weighted by atomic mass is 16.6. The van der Waals surface area contributed by atoms with Crippen LogP contribution in [0.5, 0.6) is 5.75 Å². The Balaban J connectivity index is 2.40. The smallest absolute Gasteiger partial charge is 0.331 e. The van der Waals surface area contributed by atoms with E-state index in [1.165, 1.54) is 14.0 Å². The molecule has 1 aromatic carbocycles. The van der Waals surface area contributed by atoms with Crippen LogP contribution in [0.25, 0.3) is 0 Å². The molecule has 0 saturated carbocycles. The summed E-state index contributed by atoms with van der Waals surface area (Å²) in [6, 6.07) is 6.70. The number of hydrogen-bond donors (Lipinski definition) is 1. The molecule has 0 saturated heterocycles. The number of hydrogen-bond acceptors (Lipinski definition) is 7. The van der Waals surface area contributed by atoms with E-state index in [2.05, 4.69) is 4.74 Å². The summed E-state index contributed by atoms with van der Waals surface area (Å²) < 4.78 is 14.4. The quantitative estimate of drug-likeness (QED) is 0.423. The van der Waals surface area contributed by atoms with Crippen molar-refractivity contribution in [3.8, 4) is 5.75 Å². The predicted molar refractivity (Wildman–Crippen MR) is 84.7 cm³/mol. The fraction of sp³-hybridized carbons (Fsp3) is 0.294. The largest absolute Gasteiger partial charge is 0.497 e. The Bertz CT molecular complexity index is 660. The zero-order valence-electron chi connectivity index (χ0n) is 13.8. The number of carbonyl (C=O) groups excluding carboxylic acids is 3. The molecule has 0 aliphatic heterocycles. The third-order valence-electron chi connectivity index (χ3n) is 2.87. The molecule has 0 amide bonds. The van der Waals surface area contributed by atoms with Crippen LogP contribution in [0.1, 0.15) is 18.9 Å². The standard InChI is InChI=1S/C17H18O8/c1-11(24-15(20)8-7-14(18)19)9-16(21)25-17(22)10-12-3-5-13(23-2)6-4-12/h3-8,11H,9-10H2,1-2H3,(H,18,19)/b8-7-. The number of carboxylic acids is 1. The van der Waals surface area contributed by atoms with Crippen LogP contribution in [-0.4, -0.2) is 42.2 Å². The van der Waals surface area contributed by atoms with Gasteiger partial charge in [0, 0.05) is 12.2 Å². The average molecular weight is 350 g/mol. The summed E-state index contributed by atoms with van der Waals surface area (Å²) >= 11 is 0. The molecule has 1 N–H and O–H groups in total. The number of rotatable bonds is 8. The van der Waals surface area contributed by atoms with Crippen molar-refractivity contribution in [2.45, 2.75) is 25.9 Å². The molecule has 25 heavy (non-hydrogen) atoms. The Hall–Kier alpha value is -3.16. The van der Waals surface area contributed by atoms with E-state index in [1.807, 2.05) is 0 Å². The molecule has 1 rings (SSSR count). The first-order valence-electron chi connectivity index (χ1n) is 7.28. The Morgan fingerprint density at radius 3 is 2.28 bits per heavy atom. The number of esters is 3. The van der Waals surface area contributed by atoms with E-state index in [0.717, 1.165) is 6.08 Å². The van der Waals surface area contributed by atoms with E-state index >= 15 is 0 Å². The summed E-state index contributed by atoms with van der Waals surface area (Å²) in [6.45, 7) is 1.42. The minimum Gasteiger partial charge on any atom is -0.497 e. The van der Waals surface area contributed by atoms with Crippen LogP contribution in [0, 0.1) is 0 Å². The highest BCUT2D eigenvalue weighted by molar-refractivity contribution is 5.91. The molecule has 0 aliphatic rings. The van der Waals surface area contributed by atoms with Crippen molar-refractivity contribution in [3.63, 3.8) is 0 Å². The molecule has 1 aromatic rings. The van der Waals surface area contributed by atoms with Crippen LogP contribution in [0.4, 0.5) is 0 Å². The van der Waals surface area contributed by atoms with Gasteiger partial charge in [-0.05, 0) is 24.6 Å². The summed E-state index contributed by atoms with van der Waals surface area (Å²) in [5.41, 5.74) is 0.650. The van der Waals surface area contributed by atoms with Gasteiger partial charge < -0.3 is 19.3 Å². The van der Waals surface area contributed by atoms with Gasteiger partial charge in [-0.3, -0.25) is 9.59 Å². The van der Waals surface area contributed by atoms with E-state index in [1.54, 1.807) is 24.3 Å². The highest BCUT2D eigenvalue weighted by Crippen LogP contribution is 2.12. The first-order chi connectivity index (χ1) is 11.8. The maximum Gasteiger partial charge on any atom is 0.331 e. The summed E-state index contributed by atoms with van der Waals surface area (Å²) in [5, 5.41) is 8.38. The van der Waals surface area contributed by atoms with E-state index in [9.17, 15) is 19.2 Å². The minimum atomic E-state index is -1.30. The number of methoxy groups -OCH3 is 1. The van der Waals surface area contributed by atoms with Crippen molar-refractivity contribution in [1.82, 2.24) is 0 Å². The maximum absolute atomic E-state index is 11.7. The van der Waals surface area contributed by atoms with Crippen LogP contribution >= 0.6 is 0 Å². The molecule has 0 radical (unpaired) electrons. The van der Waals surface area contributed by atoms with Gasteiger partial charge in [0.1, 0.15) is 11.9 Å². The fourth-order valence-corrected chi connectivity index (χ4v) is 1.77. The number of aliphatic carboxylic acids is 1. The molecule has 1 atom stereocenters. The van der Waals surface area contributed by atoms with Gasteiger partial charge in [0.2, 0.25) is 0 Å². The van der Waals surface area contributed by atoms with E-state index in [-0.39, 0.29) is 12.8 Å². The van der Waals surface area contributed by atoms with Crippen molar-refractivity contribution >= 4 is 23.9 Å². The molecule has 0 aromatic heterocycles. The SMILES string of the molecule is COc1ccc(CC(=O)OC(=O)CC(C)OC(=O)/C=C\C(=O)O)cc1. The minimum absolute atomic E-state index is 0.0920. The first-order valence-corrected chi connectivity index (χ1v) is 7.28. The summed E-state index contributed by atoms with van der Waals surface area (Å²) in [5.74, 6) is -3.15. The number of ether oxygens (including phenoxy) is 3. The first kappa shape index (κ1) is 19.9. The number of benzene rings is 1. The van der Waals surface area contributed by atoms with Crippen molar-refractivity contribution in [3.05, 3.63) is 42.0 Å². The molecule has 134 valence electrons. The molecular weight excluding hydrogens is 332 g/mol. The molecular formula is C17H18O8. The predicted octanol–water partition coefficient (Wildman–Crippen LogP) is 1.27. The molecule has 0 fully saturated rings. The molecule has 8 heteroatoms. The van der Waals surface area contributed by atoms with Crippen LogP contribution in [0.15, 0.2) is 36.4 Å². The van der Waals surface area contributed by atoms with Crippen LogP contribution < -0.4 is 4.74 Å². The van der Waals surface area contributed by atoms with Gasteiger partial charge >= 0.3 is 23.9 Å². The van der Waals surface area contributed by atoms with Gasteiger partial charge in [0.15, 0.2) is 0 Å². The maximum atomic E-state index is 11.7. The molecule has 8 nitrogen and oxygen atoms in total. The molecule has 0 bridgehead atoms. The molecule has 0 aliphatic carbocycles. The second kappa shape index (κ2) is 9.86. The topological polar surface area (TPSA) is 116 Å². The molecule has 0 spiro atoms. The third-order valence-corrected chi connectivity index (χ3v) is 2.87. The lowest BCUT2D eigenvalue weighted by atomic mass is 10.1. The second-order valence-electron chi connectivity index (χ2n) is 4.99. The van der Waals surface area contributed by atoms with Crippen LogP contribution in [0.3, 0.4) is 0 Å². The van der Waals surface area contributed by atoms with E-state index in [0.29, 0.717) is 17.4 Å². The zero-order chi connectivity index (χ0) is 18.8. The van der Waals surface area contributed by atoms with Crippen molar-refractivity contribution in [2.24, 2.45) is 0 Å². The zero-order valence-corrected chi connectivity index (χ0v) is 13.8. The van der Waals surface area contributed by atoms with Crippen molar-refractivity contribution in [1.29, 1.82) is 0 Å². The van der Waals surface area contributed by atoms with E-state index in [4.69, 9.17) is 14.6 Å². The lowest BCUT2D eigenvalue weighted by Crippen LogP contribution is -2.22. The second-order valence-corrected chi connectivity index (χ2v) is 4.99. The van der Waals surface area contributed by atoms with Gasteiger partial charge in [-0.15, -0.1) is 0 Å². The Morgan fingerprint density at radius 2 is 1.72 bits per heavy atom. The third kappa shape index (κ3) is 8.31. The van der Waals surface area contributed by atoms with Gasteiger partial charge in [0.05, 0.1) is 20.0 Å². The van der Waals surface area contributed by atoms with E-state index < -0.39 is 30.0 Å². The monoisotopic (exact) mass is 350 g/mol. The molecule has 1 unspecified atom stereocenters. The number of carbonyl (C=O) groups is 4. The summed E-state index contributed by atoms with van der Waals surface area (Å²) in [7, 11) is 1.52. The Morgan fingerprint density at radius 1 is 1.08 bits per heavy atom. The highest BCUT2D eigenvalue weighted by Gasteiger charge is 2.17. The Kier molecular flexibility index (Phi) is 7.85. The van der Waals surface area contributed by atoms with Crippen molar-refractivity contribution in [2.75, 3.05) is 7.11 Å². The van der Waals surface area contributed by atoms with Crippen molar-refractivity contribution < 1.29 is 38.5 Å². The number of carboxylic acid groups (broad SMARTS) is 1. The van der Waals surface area contributed by atoms with Crippen LogP contribution in [-0.2, 0) is 35.1 Å². The Labute approximate surface area is 144 Å².